The Morgan fingerprint density at radius 3 is 2.84 bits per heavy atom. The number of carboxylic acids is 1. The second kappa shape index (κ2) is 5.73. The van der Waals surface area contributed by atoms with E-state index in [1.54, 1.807) is 4.90 Å². The van der Waals surface area contributed by atoms with Crippen molar-refractivity contribution in [2.45, 2.75) is 12.5 Å². The summed E-state index contributed by atoms with van der Waals surface area (Å²) in [5.41, 5.74) is 0.0274. The molecule has 7 heteroatoms. The Morgan fingerprint density at radius 2 is 2.32 bits per heavy atom. The monoisotopic (exact) mass is 286 g/mol. The Bertz CT molecular complexity index is 483. The first-order valence-electron chi connectivity index (χ1n) is 5.95. The molecule has 0 aliphatic carbocycles. The zero-order valence-electron chi connectivity index (χ0n) is 10.2. The Morgan fingerprint density at radius 1 is 1.58 bits per heavy atom. The molecule has 1 aliphatic heterocycles. The van der Waals surface area contributed by atoms with Gasteiger partial charge in [-0.25, -0.2) is 9.78 Å². The predicted octanol–water partition coefficient (Wildman–Crippen LogP) is 0.613. The van der Waals surface area contributed by atoms with Gasteiger partial charge in [0.05, 0.1) is 16.7 Å². The maximum absolute atomic E-state index is 10.8. The normalized spacial score (nSPS) is 23.4. The summed E-state index contributed by atoms with van der Waals surface area (Å²) in [5.74, 6) is -0.754. The van der Waals surface area contributed by atoms with Gasteiger partial charge in [-0.15, -0.1) is 0 Å². The molecule has 19 heavy (non-hydrogen) atoms. The Labute approximate surface area is 115 Å². The van der Waals surface area contributed by atoms with Crippen LogP contribution in [-0.4, -0.2) is 52.1 Å². The molecule has 0 radical (unpaired) electrons. The van der Waals surface area contributed by atoms with Crippen molar-refractivity contribution in [1.29, 1.82) is 0 Å². The van der Waals surface area contributed by atoms with Gasteiger partial charge in [0.25, 0.3) is 0 Å². The number of halogens is 1. The molecule has 0 amide bonds. The Hall–Kier alpha value is -1.37. The molecule has 104 valence electrons. The lowest BCUT2D eigenvalue weighted by atomic mass is 9.95. The average Bonchev–Trinajstić information content (AvgIpc) is 2.38. The van der Waals surface area contributed by atoms with E-state index in [1.165, 1.54) is 12.3 Å². The number of hydrogen-bond acceptors (Lipinski definition) is 5. The van der Waals surface area contributed by atoms with Gasteiger partial charge >= 0.3 is 5.97 Å². The van der Waals surface area contributed by atoms with E-state index in [9.17, 15) is 9.90 Å². The number of anilines is 1. The number of aliphatic hydroxyl groups excluding tert-OH is 2. The first-order valence-corrected chi connectivity index (χ1v) is 6.33. The van der Waals surface area contributed by atoms with Gasteiger partial charge in [0.2, 0.25) is 0 Å². The Kier molecular flexibility index (Phi) is 4.24. The van der Waals surface area contributed by atoms with E-state index < -0.39 is 12.1 Å². The van der Waals surface area contributed by atoms with Crippen LogP contribution in [0.5, 0.6) is 0 Å². The highest BCUT2D eigenvalue weighted by molar-refractivity contribution is 6.33. The van der Waals surface area contributed by atoms with Crippen LogP contribution in [0, 0.1) is 5.92 Å². The molecule has 2 heterocycles. The van der Waals surface area contributed by atoms with Crippen LogP contribution in [0.2, 0.25) is 5.02 Å². The zero-order valence-corrected chi connectivity index (χ0v) is 10.9. The molecule has 1 aliphatic rings. The molecule has 0 unspecified atom stereocenters. The summed E-state index contributed by atoms with van der Waals surface area (Å²) in [6, 6.07) is 1.34. The zero-order chi connectivity index (χ0) is 14.0. The number of carbonyl (C=O) groups is 1. The van der Waals surface area contributed by atoms with Crippen molar-refractivity contribution in [2.24, 2.45) is 5.92 Å². The van der Waals surface area contributed by atoms with Crippen molar-refractivity contribution < 1.29 is 20.1 Å². The van der Waals surface area contributed by atoms with Gasteiger partial charge in [0.1, 0.15) is 5.82 Å². The number of carboxylic acid groups (broad SMARTS) is 1. The highest BCUT2D eigenvalue weighted by Crippen LogP contribution is 2.28. The van der Waals surface area contributed by atoms with Crippen LogP contribution in [0.4, 0.5) is 5.82 Å². The van der Waals surface area contributed by atoms with E-state index in [4.69, 9.17) is 21.8 Å². The molecular weight excluding hydrogens is 272 g/mol. The van der Waals surface area contributed by atoms with E-state index in [0.29, 0.717) is 25.3 Å². The SMILES string of the molecule is O=C(O)c1cnc(N2CC[C@H](CO)[C@H](O)C2)c(Cl)c1. The van der Waals surface area contributed by atoms with E-state index in [-0.39, 0.29) is 23.1 Å². The third-order valence-corrected chi connectivity index (χ3v) is 3.60. The lowest BCUT2D eigenvalue weighted by molar-refractivity contribution is 0.0545. The van der Waals surface area contributed by atoms with E-state index in [0.717, 1.165) is 0 Å². The van der Waals surface area contributed by atoms with Gasteiger partial charge in [-0.1, -0.05) is 11.6 Å². The first kappa shape index (κ1) is 14.0. The average molecular weight is 287 g/mol. The van der Waals surface area contributed by atoms with Crippen molar-refractivity contribution in [2.75, 3.05) is 24.6 Å². The van der Waals surface area contributed by atoms with Gasteiger partial charge in [0.15, 0.2) is 0 Å². The molecule has 1 aromatic rings. The van der Waals surface area contributed by atoms with Gasteiger partial charge in [0, 0.05) is 31.8 Å². The lowest BCUT2D eigenvalue weighted by Gasteiger charge is -2.36. The van der Waals surface area contributed by atoms with Crippen molar-refractivity contribution in [3.05, 3.63) is 22.8 Å². The summed E-state index contributed by atoms with van der Waals surface area (Å²) >= 11 is 6.03. The van der Waals surface area contributed by atoms with Gasteiger partial charge < -0.3 is 20.2 Å². The van der Waals surface area contributed by atoms with E-state index in [1.807, 2.05) is 0 Å². The van der Waals surface area contributed by atoms with Gasteiger partial charge in [-0.05, 0) is 12.5 Å². The van der Waals surface area contributed by atoms with E-state index >= 15 is 0 Å². The molecule has 0 bridgehead atoms. The quantitative estimate of drug-likeness (QED) is 0.754. The molecule has 1 fully saturated rings. The summed E-state index contributed by atoms with van der Waals surface area (Å²) in [7, 11) is 0. The van der Waals surface area contributed by atoms with Crippen LogP contribution in [0.15, 0.2) is 12.3 Å². The molecule has 0 aromatic carbocycles. The minimum absolute atomic E-state index is 0.0274. The van der Waals surface area contributed by atoms with Crippen LogP contribution in [0.3, 0.4) is 0 Å². The van der Waals surface area contributed by atoms with E-state index in [2.05, 4.69) is 4.98 Å². The number of aliphatic hydroxyl groups is 2. The summed E-state index contributed by atoms with van der Waals surface area (Å²) in [4.78, 5) is 16.6. The number of nitrogens with zero attached hydrogens (tertiary/aromatic N) is 2. The van der Waals surface area contributed by atoms with Crippen LogP contribution in [-0.2, 0) is 0 Å². The lowest BCUT2D eigenvalue weighted by Crippen LogP contribution is -2.45. The van der Waals surface area contributed by atoms with Gasteiger partial charge in [-0.2, -0.15) is 0 Å². The molecule has 3 N–H and O–H groups in total. The molecule has 1 aromatic heterocycles. The molecule has 0 saturated carbocycles. The van der Waals surface area contributed by atoms with Crippen LogP contribution in [0.25, 0.3) is 0 Å². The second-order valence-electron chi connectivity index (χ2n) is 4.58. The molecule has 2 rings (SSSR count). The van der Waals surface area contributed by atoms with Crippen LogP contribution < -0.4 is 4.90 Å². The number of piperidine rings is 1. The molecule has 1 saturated heterocycles. The fourth-order valence-corrected chi connectivity index (χ4v) is 2.45. The number of aromatic nitrogens is 1. The van der Waals surface area contributed by atoms with Gasteiger partial charge in [-0.3, -0.25) is 0 Å². The minimum atomic E-state index is -1.08. The highest BCUT2D eigenvalue weighted by Gasteiger charge is 2.28. The van der Waals surface area contributed by atoms with Crippen molar-refractivity contribution in [3.63, 3.8) is 0 Å². The number of rotatable bonds is 3. The van der Waals surface area contributed by atoms with Crippen molar-refractivity contribution in [3.8, 4) is 0 Å². The predicted molar refractivity (Wildman–Crippen MR) is 69.6 cm³/mol. The number of aromatic carboxylic acids is 1. The summed E-state index contributed by atoms with van der Waals surface area (Å²) in [6.45, 7) is 0.889. The maximum Gasteiger partial charge on any atom is 0.337 e. The summed E-state index contributed by atoms with van der Waals surface area (Å²) in [6.07, 6.45) is 1.24. The summed E-state index contributed by atoms with van der Waals surface area (Å²) in [5, 5.41) is 28.0. The molecule has 0 spiro atoms. The van der Waals surface area contributed by atoms with Crippen LogP contribution in [0.1, 0.15) is 16.8 Å². The molecular formula is C12H15ClN2O4. The minimum Gasteiger partial charge on any atom is -0.478 e. The highest BCUT2D eigenvalue weighted by atomic mass is 35.5. The fraction of sp³-hybridized carbons (Fsp3) is 0.500. The maximum atomic E-state index is 10.8. The third kappa shape index (κ3) is 2.97. The number of β-amino-alcohol motifs (C(OH)–C–C–N with tert-alkyl or cyclic N) is 1. The molecule has 6 nitrogen and oxygen atoms in total. The Balaban J connectivity index is 2.17. The number of pyridine rings is 1. The first-order chi connectivity index (χ1) is 9.02. The van der Waals surface area contributed by atoms with Crippen LogP contribution >= 0.6 is 11.6 Å². The second-order valence-corrected chi connectivity index (χ2v) is 4.99. The van der Waals surface area contributed by atoms with Crippen molar-refractivity contribution in [1.82, 2.24) is 4.98 Å². The summed E-state index contributed by atoms with van der Waals surface area (Å²) < 4.78 is 0. The van der Waals surface area contributed by atoms with Crippen molar-refractivity contribution >= 4 is 23.4 Å². The number of hydrogen-bond donors (Lipinski definition) is 3. The molecule has 2 atom stereocenters. The topological polar surface area (TPSA) is 93.9 Å². The smallest absolute Gasteiger partial charge is 0.337 e. The largest absolute Gasteiger partial charge is 0.478 e. The third-order valence-electron chi connectivity index (χ3n) is 3.32. The fourth-order valence-electron chi connectivity index (χ4n) is 2.17. The standard InChI is InChI=1S/C12H15ClN2O4/c13-9-3-8(12(18)19)4-14-11(9)15-2-1-7(6-16)10(17)5-15/h3-4,7,10,16-17H,1-2,5-6H2,(H,18,19)/t7-,10-/m1/s1.